The Balaban J connectivity index is 1.88. The summed E-state index contributed by atoms with van der Waals surface area (Å²) in [6.45, 7) is 5.88. The van der Waals surface area contributed by atoms with E-state index in [0.717, 1.165) is 44.3 Å². The van der Waals surface area contributed by atoms with Gasteiger partial charge < -0.3 is 19.1 Å². The molecule has 0 bridgehead atoms. The molecule has 0 unspecified atom stereocenters. The summed E-state index contributed by atoms with van der Waals surface area (Å²) in [7, 11) is 1.82. The van der Waals surface area contributed by atoms with Crippen molar-refractivity contribution in [2.45, 2.75) is 45.6 Å². The zero-order valence-corrected chi connectivity index (χ0v) is 15.3. The molecule has 1 aromatic rings. The highest BCUT2D eigenvalue weighted by atomic mass is 16.5. The van der Waals surface area contributed by atoms with Crippen LogP contribution in [0, 0.1) is 0 Å². The first-order valence-corrected chi connectivity index (χ1v) is 9.35. The van der Waals surface area contributed by atoms with Crippen LogP contribution in [0.4, 0.5) is 0 Å². The maximum Gasteiger partial charge on any atom is 0.290 e. The lowest BCUT2D eigenvalue weighted by Crippen LogP contribution is -2.42. The quantitative estimate of drug-likeness (QED) is 0.810. The summed E-state index contributed by atoms with van der Waals surface area (Å²) < 4.78 is 7.30. The molecule has 7 heteroatoms. The number of rotatable bonds is 5. The van der Waals surface area contributed by atoms with Gasteiger partial charge >= 0.3 is 0 Å². The minimum Gasteiger partial charge on any atom is -0.378 e. The van der Waals surface area contributed by atoms with E-state index in [1.807, 2.05) is 11.6 Å². The molecule has 1 fully saturated rings. The first-order valence-electron chi connectivity index (χ1n) is 9.35. The summed E-state index contributed by atoms with van der Waals surface area (Å²) in [6.07, 6.45) is 4.88. The molecular weight excluding hydrogens is 320 g/mol. The van der Waals surface area contributed by atoms with Crippen LogP contribution in [0.15, 0.2) is 0 Å². The van der Waals surface area contributed by atoms with Crippen molar-refractivity contribution in [3.8, 4) is 0 Å². The fraction of sp³-hybridized carbons (Fsp3) is 0.722. The number of carbonyl (C=O) groups is 2. The molecule has 1 saturated heterocycles. The molecular formula is C18H28N4O3. The normalized spacial score (nSPS) is 17.3. The number of nitrogens with zero attached hydrogens (tertiary/aromatic N) is 4. The van der Waals surface area contributed by atoms with E-state index in [0.29, 0.717) is 44.4 Å². The number of aromatic nitrogens is 2. The molecule has 2 aliphatic heterocycles. The number of ether oxygens (including phenoxy) is 1. The van der Waals surface area contributed by atoms with Crippen LogP contribution in [-0.4, -0.2) is 71.1 Å². The van der Waals surface area contributed by atoms with Crippen molar-refractivity contribution < 1.29 is 14.3 Å². The predicted molar refractivity (Wildman–Crippen MR) is 93.8 cm³/mol. The molecule has 2 amide bonds. The van der Waals surface area contributed by atoms with Gasteiger partial charge in [0.25, 0.3) is 11.8 Å². The van der Waals surface area contributed by atoms with Crippen molar-refractivity contribution in [1.82, 2.24) is 19.4 Å². The lowest BCUT2D eigenvalue weighted by Gasteiger charge is -2.27. The SMILES string of the molecule is CCCCN(C)C(=O)c1nc(C(=O)N2CCOCC2)n2c1CCCC2. The summed E-state index contributed by atoms with van der Waals surface area (Å²) in [5.74, 6) is 0.269. The molecule has 25 heavy (non-hydrogen) atoms. The van der Waals surface area contributed by atoms with Gasteiger partial charge in [0, 0.05) is 33.2 Å². The second-order valence-corrected chi connectivity index (χ2v) is 6.82. The van der Waals surface area contributed by atoms with Gasteiger partial charge in [0.05, 0.1) is 18.9 Å². The van der Waals surface area contributed by atoms with Gasteiger partial charge in [-0.2, -0.15) is 0 Å². The highest BCUT2D eigenvalue weighted by Crippen LogP contribution is 2.23. The average molecular weight is 348 g/mol. The van der Waals surface area contributed by atoms with Gasteiger partial charge in [-0.05, 0) is 25.7 Å². The lowest BCUT2D eigenvalue weighted by atomic mass is 10.1. The van der Waals surface area contributed by atoms with Gasteiger partial charge in [0.2, 0.25) is 0 Å². The molecule has 3 rings (SSSR count). The third kappa shape index (κ3) is 3.71. The van der Waals surface area contributed by atoms with Crippen LogP contribution in [0.25, 0.3) is 0 Å². The molecule has 0 spiro atoms. The first-order chi connectivity index (χ1) is 12.1. The Bertz CT molecular complexity index is 635. The van der Waals surface area contributed by atoms with Gasteiger partial charge in [0.15, 0.2) is 5.82 Å². The Morgan fingerprint density at radius 3 is 2.68 bits per heavy atom. The number of unbranched alkanes of at least 4 members (excludes halogenated alkanes) is 1. The maximum absolute atomic E-state index is 12.9. The van der Waals surface area contributed by atoms with Crippen LogP contribution in [0.5, 0.6) is 0 Å². The zero-order chi connectivity index (χ0) is 17.8. The smallest absolute Gasteiger partial charge is 0.290 e. The van der Waals surface area contributed by atoms with E-state index in [1.54, 1.807) is 9.80 Å². The summed E-state index contributed by atoms with van der Waals surface area (Å²) in [4.78, 5) is 33.8. The molecule has 2 aliphatic rings. The number of carbonyl (C=O) groups excluding carboxylic acids is 2. The van der Waals surface area contributed by atoms with E-state index in [4.69, 9.17) is 4.74 Å². The van der Waals surface area contributed by atoms with E-state index in [9.17, 15) is 9.59 Å². The number of hydrogen-bond donors (Lipinski definition) is 0. The second-order valence-electron chi connectivity index (χ2n) is 6.82. The summed E-state index contributed by atoms with van der Waals surface area (Å²) in [5, 5.41) is 0. The summed E-state index contributed by atoms with van der Waals surface area (Å²) in [5.41, 5.74) is 1.39. The molecule has 0 N–H and O–H groups in total. The molecule has 3 heterocycles. The number of amides is 2. The minimum atomic E-state index is -0.0817. The lowest BCUT2D eigenvalue weighted by molar-refractivity contribution is 0.0291. The van der Waals surface area contributed by atoms with E-state index in [-0.39, 0.29) is 11.8 Å². The summed E-state index contributed by atoms with van der Waals surface area (Å²) >= 11 is 0. The molecule has 7 nitrogen and oxygen atoms in total. The number of hydrogen-bond acceptors (Lipinski definition) is 4. The molecule has 0 radical (unpaired) electrons. The average Bonchev–Trinajstić information content (AvgIpc) is 3.05. The monoisotopic (exact) mass is 348 g/mol. The Kier molecular flexibility index (Phi) is 5.73. The van der Waals surface area contributed by atoms with Crippen molar-refractivity contribution in [1.29, 1.82) is 0 Å². The standard InChI is InChI=1S/C18H28N4O3/c1-3-4-8-20(2)17(23)15-14-7-5-6-9-22(14)16(19-15)18(24)21-10-12-25-13-11-21/h3-13H2,1-2H3. The van der Waals surface area contributed by atoms with Crippen molar-refractivity contribution in [2.24, 2.45) is 0 Å². The van der Waals surface area contributed by atoms with Gasteiger partial charge in [-0.25, -0.2) is 4.98 Å². The van der Waals surface area contributed by atoms with Crippen LogP contribution in [0.1, 0.15) is 59.4 Å². The van der Waals surface area contributed by atoms with Gasteiger partial charge in [0.1, 0.15) is 5.69 Å². The van der Waals surface area contributed by atoms with E-state index in [1.165, 1.54) is 0 Å². The van der Waals surface area contributed by atoms with Crippen molar-refractivity contribution in [3.05, 3.63) is 17.2 Å². The third-order valence-electron chi connectivity index (χ3n) is 5.00. The topological polar surface area (TPSA) is 67.7 Å². The minimum absolute atomic E-state index is 0.0693. The van der Waals surface area contributed by atoms with Gasteiger partial charge in [-0.15, -0.1) is 0 Å². The van der Waals surface area contributed by atoms with Crippen LogP contribution in [0.2, 0.25) is 0 Å². The first kappa shape index (κ1) is 17.9. The number of imidazole rings is 1. The van der Waals surface area contributed by atoms with Crippen LogP contribution >= 0.6 is 0 Å². The molecule has 0 aromatic carbocycles. The fourth-order valence-electron chi connectivity index (χ4n) is 3.46. The predicted octanol–water partition coefficient (Wildman–Crippen LogP) is 1.56. The fourth-order valence-corrected chi connectivity index (χ4v) is 3.46. The van der Waals surface area contributed by atoms with E-state index >= 15 is 0 Å². The number of morpholine rings is 1. The Morgan fingerprint density at radius 2 is 1.96 bits per heavy atom. The zero-order valence-electron chi connectivity index (χ0n) is 15.3. The van der Waals surface area contributed by atoms with Crippen molar-refractivity contribution in [2.75, 3.05) is 39.9 Å². The molecule has 0 saturated carbocycles. The van der Waals surface area contributed by atoms with Crippen LogP contribution < -0.4 is 0 Å². The Labute approximate surface area is 148 Å². The molecule has 0 aliphatic carbocycles. The Morgan fingerprint density at radius 1 is 1.20 bits per heavy atom. The molecule has 0 atom stereocenters. The highest BCUT2D eigenvalue weighted by molar-refractivity contribution is 5.97. The van der Waals surface area contributed by atoms with Gasteiger partial charge in [-0.1, -0.05) is 13.3 Å². The number of fused-ring (bicyclic) bond motifs is 1. The van der Waals surface area contributed by atoms with E-state index in [2.05, 4.69) is 11.9 Å². The largest absolute Gasteiger partial charge is 0.378 e. The van der Waals surface area contributed by atoms with Crippen LogP contribution in [0.3, 0.4) is 0 Å². The molecule has 1 aromatic heterocycles. The Hall–Kier alpha value is -1.89. The van der Waals surface area contributed by atoms with Crippen molar-refractivity contribution >= 4 is 11.8 Å². The third-order valence-corrected chi connectivity index (χ3v) is 5.00. The van der Waals surface area contributed by atoms with E-state index < -0.39 is 0 Å². The van der Waals surface area contributed by atoms with Gasteiger partial charge in [-0.3, -0.25) is 9.59 Å². The van der Waals surface area contributed by atoms with Crippen molar-refractivity contribution in [3.63, 3.8) is 0 Å². The molecule has 138 valence electrons. The maximum atomic E-state index is 12.9. The second kappa shape index (κ2) is 7.99. The summed E-state index contributed by atoms with van der Waals surface area (Å²) in [6, 6.07) is 0. The highest BCUT2D eigenvalue weighted by Gasteiger charge is 2.31. The van der Waals surface area contributed by atoms with Crippen LogP contribution in [-0.2, 0) is 17.7 Å².